The molecule has 1 fully saturated rings. The number of epoxide rings is 1. The van der Waals surface area contributed by atoms with E-state index in [1.54, 1.807) is 0 Å². The zero-order chi connectivity index (χ0) is 16.9. The van der Waals surface area contributed by atoms with Crippen LogP contribution >= 0.6 is 0 Å². The Morgan fingerprint density at radius 1 is 0.857 bits per heavy atom. The molecule has 1 rings (SSSR count). The molecule has 126 valence electrons. The van der Waals surface area contributed by atoms with Gasteiger partial charge < -0.3 is 9.47 Å². The van der Waals surface area contributed by atoms with Crippen LogP contribution in [0.4, 0.5) is 43.9 Å². The zero-order valence-electron chi connectivity index (χ0n) is 10.1. The number of halogens is 10. The van der Waals surface area contributed by atoms with Crippen LogP contribution in [0.15, 0.2) is 0 Å². The summed E-state index contributed by atoms with van der Waals surface area (Å²) in [6, 6.07) is 0. The average Bonchev–Trinajstić information content (AvgIpc) is 3.07. The summed E-state index contributed by atoms with van der Waals surface area (Å²) in [5.74, 6) is -26.3. The van der Waals surface area contributed by atoms with Crippen LogP contribution in [0.5, 0.6) is 0 Å². The normalized spacial score (nSPS) is 21.6. The van der Waals surface area contributed by atoms with Crippen molar-refractivity contribution in [2.45, 2.75) is 42.8 Å². The predicted molar refractivity (Wildman–Crippen MR) is 46.1 cm³/mol. The Morgan fingerprint density at radius 3 is 1.62 bits per heavy atom. The highest BCUT2D eigenvalue weighted by Crippen LogP contribution is 2.57. The zero-order valence-corrected chi connectivity index (χ0v) is 10.1. The Balaban J connectivity index is 3.06. The van der Waals surface area contributed by atoms with E-state index >= 15 is 0 Å². The molecule has 0 N–H and O–H groups in total. The summed E-state index contributed by atoms with van der Waals surface area (Å²) in [6.45, 7) is -2.26. The first-order valence-electron chi connectivity index (χ1n) is 5.22. The van der Waals surface area contributed by atoms with Crippen LogP contribution in [0, 0.1) is 0 Å². The summed E-state index contributed by atoms with van der Waals surface area (Å²) >= 11 is 0. The molecule has 12 heteroatoms. The minimum Gasteiger partial charge on any atom is -0.371 e. The lowest BCUT2D eigenvalue weighted by molar-refractivity contribution is -0.444. The van der Waals surface area contributed by atoms with Crippen LogP contribution in [0.1, 0.15) is 6.92 Å². The number of hydrogen-bond acceptors (Lipinski definition) is 2. The lowest BCUT2D eigenvalue weighted by Crippen LogP contribution is -2.67. The maximum atomic E-state index is 13.0. The molecular weight excluding hydrogens is 330 g/mol. The lowest BCUT2D eigenvalue weighted by Gasteiger charge is -2.38. The van der Waals surface area contributed by atoms with Crippen molar-refractivity contribution in [2.24, 2.45) is 0 Å². The smallest absolute Gasteiger partial charge is 0.371 e. The molecule has 0 aromatic heterocycles. The fourth-order valence-corrected chi connectivity index (χ4v) is 1.11. The molecule has 0 aromatic rings. The molecule has 0 radical (unpaired) electrons. The molecule has 1 aliphatic rings. The standard InChI is InChI=1S/C9H8F10O2/c1-5(10,11)6(12,13)7(14,15)8(16,17)9(18,19)21-3-4-2-20-4/h4H,2-3H2,1H3. The summed E-state index contributed by atoms with van der Waals surface area (Å²) < 4.78 is 135. The highest BCUT2D eigenvalue weighted by Gasteiger charge is 2.86. The van der Waals surface area contributed by atoms with Gasteiger partial charge in [-0.3, -0.25) is 0 Å². The first-order valence-corrected chi connectivity index (χ1v) is 5.22. The number of ether oxygens (including phenoxy) is 2. The van der Waals surface area contributed by atoms with Gasteiger partial charge in [-0.15, -0.1) is 0 Å². The average molecular weight is 338 g/mol. The van der Waals surface area contributed by atoms with Crippen molar-refractivity contribution >= 4 is 0 Å². The SMILES string of the molecule is CC(F)(F)C(F)(F)C(F)(F)C(F)(F)C(F)(F)OCC1CO1. The van der Waals surface area contributed by atoms with Gasteiger partial charge in [-0.05, 0) is 0 Å². The van der Waals surface area contributed by atoms with Gasteiger partial charge in [0.05, 0.1) is 13.2 Å². The summed E-state index contributed by atoms with van der Waals surface area (Å²) in [7, 11) is 0. The quantitative estimate of drug-likeness (QED) is 0.523. The van der Waals surface area contributed by atoms with Gasteiger partial charge in [0, 0.05) is 6.92 Å². The third kappa shape index (κ3) is 2.91. The minimum atomic E-state index is -7.06. The Bertz CT molecular complexity index is 384. The van der Waals surface area contributed by atoms with Gasteiger partial charge in [-0.25, -0.2) is 0 Å². The van der Waals surface area contributed by atoms with Gasteiger partial charge in [0.1, 0.15) is 6.10 Å². The van der Waals surface area contributed by atoms with E-state index in [2.05, 4.69) is 9.47 Å². The molecule has 1 aliphatic heterocycles. The molecular formula is C9H8F10O2. The number of rotatable bonds is 7. The van der Waals surface area contributed by atoms with Gasteiger partial charge in [-0.2, -0.15) is 43.9 Å². The molecule has 0 spiro atoms. The Kier molecular flexibility index (Phi) is 4.23. The minimum absolute atomic E-state index is 0.179. The molecule has 21 heavy (non-hydrogen) atoms. The van der Waals surface area contributed by atoms with Gasteiger partial charge >= 0.3 is 29.8 Å². The number of hydrogen-bond donors (Lipinski definition) is 0. The van der Waals surface area contributed by atoms with E-state index in [-0.39, 0.29) is 6.61 Å². The summed E-state index contributed by atoms with van der Waals surface area (Å²) in [6.07, 6.45) is -7.18. The first-order chi connectivity index (χ1) is 9.08. The third-order valence-electron chi connectivity index (χ3n) is 2.56. The van der Waals surface area contributed by atoms with Gasteiger partial charge in [0.15, 0.2) is 0 Å². The Hall–Kier alpha value is -0.780. The van der Waals surface area contributed by atoms with E-state index in [4.69, 9.17) is 0 Å². The molecule has 0 aromatic carbocycles. The van der Waals surface area contributed by atoms with E-state index in [9.17, 15) is 43.9 Å². The molecule has 0 saturated carbocycles. The van der Waals surface area contributed by atoms with Gasteiger partial charge in [0.25, 0.3) is 0 Å². The van der Waals surface area contributed by atoms with Crippen molar-refractivity contribution in [1.29, 1.82) is 0 Å². The van der Waals surface area contributed by atoms with Crippen molar-refractivity contribution in [1.82, 2.24) is 0 Å². The van der Waals surface area contributed by atoms with Crippen molar-refractivity contribution in [3.8, 4) is 0 Å². The molecule has 2 nitrogen and oxygen atoms in total. The molecule has 1 atom stereocenters. The summed E-state index contributed by atoms with van der Waals surface area (Å²) in [5, 5.41) is 0. The first kappa shape index (κ1) is 18.3. The Morgan fingerprint density at radius 2 is 1.29 bits per heavy atom. The Labute approximate surface area is 111 Å². The molecule has 0 bridgehead atoms. The van der Waals surface area contributed by atoms with E-state index in [0.29, 0.717) is 0 Å². The topological polar surface area (TPSA) is 21.8 Å². The van der Waals surface area contributed by atoms with E-state index in [1.165, 1.54) is 0 Å². The number of alkyl halides is 10. The molecule has 1 heterocycles. The molecule has 1 saturated heterocycles. The molecule has 1 unspecified atom stereocenters. The maximum absolute atomic E-state index is 13.0. The lowest BCUT2D eigenvalue weighted by atomic mass is 9.99. The van der Waals surface area contributed by atoms with Crippen molar-refractivity contribution < 1.29 is 53.4 Å². The third-order valence-corrected chi connectivity index (χ3v) is 2.56. The second kappa shape index (κ2) is 4.86. The van der Waals surface area contributed by atoms with Crippen LogP contribution < -0.4 is 0 Å². The monoisotopic (exact) mass is 338 g/mol. The van der Waals surface area contributed by atoms with Crippen LogP contribution in [-0.4, -0.2) is 49.1 Å². The van der Waals surface area contributed by atoms with Crippen LogP contribution in [0.25, 0.3) is 0 Å². The predicted octanol–water partition coefficient (Wildman–Crippen LogP) is 3.56. The van der Waals surface area contributed by atoms with Crippen LogP contribution in [0.3, 0.4) is 0 Å². The largest absolute Gasteiger partial charge is 0.426 e. The summed E-state index contributed by atoms with van der Waals surface area (Å²) in [4.78, 5) is 0. The van der Waals surface area contributed by atoms with Crippen molar-refractivity contribution in [3.63, 3.8) is 0 Å². The van der Waals surface area contributed by atoms with Crippen molar-refractivity contribution in [3.05, 3.63) is 0 Å². The van der Waals surface area contributed by atoms with Crippen LogP contribution in [-0.2, 0) is 9.47 Å². The fourth-order valence-electron chi connectivity index (χ4n) is 1.11. The second-order valence-corrected chi connectivity index (χ2v) is 4.39. The van der Waals surface area contributed by atoms with Crippen LogP contribution in [0.2, 0.25) is 0 Å². The summed E-state index contributed by atoms with van der Waals surface area (Å²) in [5.41, 5.74) is 0. The maximum Gasteiger partial charge on any atom is 0.426 e. The highest BCUT2D eigenvalue weighted by atomic mass is 19.4. The molecule has 0 amide bonds. The van der Waals surface area contributed by atoms with Gasteiger partial charge in [-0.1, -0.05) is 0 Å². The highest BCUT2D eigenvalue weighted by molar-refractivity contribution is 5.05. The second-order valence-electron chi connectivity index (χ2n) is 4.39. The van der Waals surface area contributed by atoms with Crippen molar-refractivity contribution in [2.75, 3.05) is 13.2 Å². The fraction of sp³-hybridized carbons (Fsp3) is 1.00. The van der Waals surface area contributed by atoms with Gasteiger partial charge in [0.2, 0.25) is 0 Å². The van der Waals surface area contributed by atoms with E-state index in [0.717, 1.165) is 0 Å². The molecule has 0 aliphatic carbocycles. The van der Waals surface area contributed by atoms with E-state index < -0.39 is 49.4 Å². The van der Waals surface area contributed by atoms with E-state index in [1.807, 2.05) is 0 Å².